The molecule has 1 aliphatic heterocycles. The molecule has 1 heterocycles. The molecule has 1 N–H and O–H groups in total. The molecule has 2 nitrogen and oxygen atoms in total. The summed E-state index contributed by atoms with van der Waals surface area (Å²) in [5, 5.41) is 3.37. The van der Waals surface area contributed by atoms with Gasteiger partial charge in [-0.25, -0.2) is 0 Å². The predicted octanol–water partition coefficient (Wildman–Crippen LogP) is 3.03. The van der Waals surface area contributed by atoms with Crippen molar-refractivity contribution in [2.75, 3.05) is 11.9 Å². The normalized spacial score (nSPS) is 19.5. The average Bonchev–Trinajstić information content (AvgIpc) is 2.26. The number of Topliss-reactive ketones (excluding diaryl/α,β-unsaturated/α-hetero) is 1. The Morgan fingerprint density at radius 2 is 2.12 bits per heavy atom. The van der Waals surface area contributed by atoms with Crippen molar-refractivity contribution in [3.05, 3.63) is 29.3 Å². The second-order valence-electron chi connectivity index (χ2n) is 4.89. The van der Waals surface area contributed by atoms with Gasteiger partial charge in [0.05, 0.1) is 0 Å². The summed E-state index contributed by atoms with van der Waals surface area (Å²) in [6, 6.07) is 6.15. The number of carbonyl (C=O) groups excluding carboxylic acids is 1. The zero-order chi connectivity index (χ0) is 11.0. The van der Waals surface area contributed by atoms with Gasteiger partial charge in [0.15, 0.2) is 5.78 Å². The molecule has 16 heavy (non-hydrogen) atoms. The van der Waals surface area contributed by atoms with E-state index in [2.05, 4.69) is 17.4 Å². The van der Waals surface area contributed by atoms with Gasteiger partial charge in [-0.3, -0.25) is 4.79 Å². The number of fused-ring (bicyclic) bond motifs is 1. The summed E-state index contributed by atoms with van der Waals surface area (Å²) in [7, 11) is 0. The molecule has 1 aromatic rings. The van der Waals surface area contributed by atoms with Gasteiger partial charge in [0, 0.05) is 23.7 Å². The van der Waals surface area contributed by atoms with Gasteiger partial charge in [0.1, 0.15) is 0 Å². The van der Waals surface area contributed by atoms with Gasteiger partial charge >= 0.3 is 0 Å². The molecular formula is C14H17NO. The fourth-order valence-corrected chi connectivity index (χ4v) is 2.53. The number of nitrogens with one attached hydrogen (secondary N) is 1. The first-order chi connectivity index (χ1) is 7.84. The van der Waals surface area contributed by atoms with Crippen LogP contribution in [0.4, 0.5) is 5.69 Å². The SMILES string of the molecule is O=C(c1ccc2c(c1)CCCN2)C1CCC1. The molecule has 1 aliphatic carbocycles. The summed E-state index contributed by atoms with van der Waals surface area (Å²) < 4.78 is 0. The molecule has 0 saturated heterocycles. The molecule has 3 rings (SSSR count). The van der Waals surface area contributed by atoms with E-state index in [9.17, 15) is 4.79 Å². The molecule has 0 aromatic heterocycles. The molecule has 1 aromatic carbocycles. The van der Waals surface area contributed by atoms with Crippen molar-refractivity contribution in [3.8, 4) is 0 Å². The fraction of sp³-hybridized carbons (Fsp3) is 0.500. The van der Waals surface area contributed by atoms with Crippen LogP contribution in [0.5, 0.6) is 0 Å². The van der Waals surface area contributed by atoms with Crippen molar-refractivity contribution in [3.63, 3.8) is 0 Å². The minimum absolute atomic E-state index is 0.314. The van der Waals surface area contributed by atoms with Crippen molar-refractivity contribution >= 4 is 11.5 Å². The summed E-state index contributed by atoms with van der Waals surface area (Å²) in [4.78, 5) is 12.1. The Morgan fingerprint density at radius 1 is 1.25 bits per heavy atom. The van der Waals surface area contributed by atoms with Gasteiger partial charge in [-0.05, 0) is 49.4 Å². The second-order valence-corrected chi connectivity index (χ2v) is 4.89. The molecule has 0 bridgehead atoms. The molecule has 84 valence electrons. The van der Waals surface area contributed by atoms with Gasteiger partial charge in [0.25, 0.3) is 0 Å². The smallest absolute Gasteiger partial charge is 0.165 e. The lowest BCUT2D eigenvalue weighted by Gasteiger charge is -2.25. The summed E-state index contributed by atoms with van der Waals surface area (Å²) in [6.07, 6.45) is 5.69. The molecule has 0 atom stereocenters. The van der Waals surface area contributed by atoms with Crippen LogP contribution < -0.4 is 5.32 Å². The maximum Gasteiger partial charge on any atom is 0.165 e. The standard InChI is InChI=1S/C14H17NO/c16-14(10-3-1-4-10)12-6-7-13-11(9-12)5-2-8-15-13/h6-7,9-10,15H,1-5,8H2. The van der Waals surface area contributed by atoms with Crippen molar-refractivity contribution in [2.45, 2.75) is 32.1 Å². The Hall–Kier alpha value is -1.31. The van der Waals surface area contributed by atoms with E-state index in [1.165, 1.54) is 24.1 Å². The highest BCUT2D eigenvalue weighted by atomic mass is 16.1. The van der Waals surface area contributed by atoms with Gasteiger partial charge in [-0.1, -0.05) is 6.42 Å². The van der Waals surface area contributed by atoms with Crippen LogP contribution in [0, 0.1) is 5.92 Å². The number of hydrogen-bond acceptors (Lipinski definition) is 2. The second kappa shape index (κ2) is 3.93. The molecule has 1 saturated carbocycles. The van der Waals surface area contributed by atoms with Crippen LogP contribution in [0.25, 0.3) is 0 Å². The monoisotopic (exact) mass is 215 g/mol. The Kier molecular flexibility index (Phi) is 2.43. The summed E-state index contributed by atoms with van der Waals surface area (Å²) in [5.41, 5.74) is 3.46. The zero-order valence-electron chi connectivity index (χ0n) is 9.46. The third-order valence-electron chi connectivity index (χ3n) is 3.80. The number of anilines is 1. The summed E-state index contributed by atoms with van der Waals surface area (Å²) in [5.74, 6) is 0.675. The Labute approximate surface area is 96.1 Å². The number of benzene rings is 1. The Balaban J connectivity index is 1.87. The minimum atomic E-state index is 0.314. The van der Waals surface area contributed by atoms with Crippen molar-refractivity contribution in [1.82, 2.24) is 0 Å². The van der Waals surface area contributed by atoms with Crippen LogP contribution in [-0.4, -0.2) is 12.3 Å². The first-order valence-corrected chi connectivity index (χ1v) is 6.25. The van der Waals surface area contributed by atoms with Crippen LogP contribution in [0.2, 0.25) is 0 Å². The van der Waals surface area contributed by atoms with E-state index in [0.717, 1.165) is 31.4 Å². The van der Waals surface area contributed by atoms with Crippen LogP contribution in [0.3, 0.4) is 0 Å². The number of rotatable bonds is 2. The quantitative estimate of drug-likeness (QED) is 0.768. The fourth-order valence-electron chi connectivity index (χ4n) is 2.53. The van der Waals surface area contributed by atoms with Gasteiger partial charge in [-0.15, -0.1) is 0 Å². The molecule has 2 aliphatic rings. The molecule has 0 radical (unpaired) electrons. The third kappa shape index (κ3) is 1.62. The van der Waals surface area contributed by atoms with E-state index >= 15 is 0 Å². The number of ketones is 1. The van der Waals surface area contributed by atoms with Gasteiger partial charge < -0.3 is 5.32 Å². The van der Waals surface area contributed by atoms with Crippen molar-refractivity contribution in [2.24, 2.45) is 5.92 Å². The summed E-state index contributed by atoms with van der Waals surface area (Å²) in [6.45, 7) is 1.06. The first-order valence-electron chi connectivity index (χ1n) is 6.25. The molecular weight excluding hydrogens is 198 g/mol. The molecule has 2 heteroatoms. The van der Waals surface area contributed by atoms with E-state index in [1.807, 2.05) is 6.07 Å². The average molecular weight is 215 g/mol. The van der Waals surface area contributed by atoms with E-state index in [-0.39, 0.29) is 0 Å². The lowest BCUT2D eigenvalue weighted by atomic mass is 9.79. The lowest BCUT2D eigenvalue weighted by molar-refractivity contribution is 0.0855. The third-order valence-corrected chi connectivity index (χ3v) is 3.80. The lowest BCUT2D eigenvalue weighted by Crippen LogP contribution is -2.22. The highest BCUT2D eigenvalue weighted by Gasteiger charge is 2.26. The molecule has 0 unspecified atom stereocenters. The zero-order valence-corrected chi connectivity index (χ0v) is 9.46. The van der Waals surface area contributed by atoms with Gasteiger partial charge in [-0.2, -0.15) is 0 Å². The highest BCUT2D eigenvalue weighted by Crippen LogP contribution is 2.31. The minimum Gasteiger partial charge on any atom is -0.385 e. The van der Waals surface area contributed by atoms with Crippen molar-refractivity contribution < 1.29 is 4.79 Å². The van der Waals surface area contributed by atoms with E-state index in [1.54, 1.807) is 0 Å². The molecule has 1 fully saturated rings. The number of hydrogen-bond donors (Lipinski definition) is 1. The molecule has 0 spiro atoms. The van der Waals surface area contributed by atoms with Crippen LogP contribution in [0.1, 0.15) is 41.6 Å². The predicted molar refractivity (Wildman–Crippen MR) is 64.9 cm³/mol. The first kappa shape index (κ1) is 9.88. The Bertz CT molecular complexity index is 421. The van der Waals surface area contributed by atoms with E-state index in [4.69, 9.17) is 0 Å². The maximum atomic E-state index is 12.1. The van der Waals surface area contributed by atoms with Crippen LogP contribution in [0.15, 0.2) is 18.2 Å². The van der Waals surface area contributed by atoms with Crippen molar-refractivity contribution in [1.29, 1.82) is 0 Å². The topological polar surface area (TPSA) is 29.1 Å². The van der Waals surface area contributed by atoms with E-state index < -0.39 is 0 Å². The highest BCUT2D eigenvalue weighted by molar-refractivity contribution is 5.98. The van der Waals surface area contributed by atoms with E-state index in [0.29, 0.717) is 11.7 Å². The Morgan fingerprint density at radius 3 is 2.88 bits per heavy atom. The maximum absolute atomic E-state index is 12.1. The number of carbonyl (C=O) groups is 1. The largest absolute Gasteiger partial charge is 0.385 e. The van der Waals surface area contributed by atoms with Gasteiger partial charge in [0.2, 0.25) is 0 Å². The summed E-state index contributed by atoms with van der Waals surface area (Å²) >= 11 is 0. The van der Waals surface area contributed by atoms with Crippen LogP contribution in [-0.2, 0) is 6.42 Å². The van der Waals surface area contributed by atoms with Crippen LogP contribution >= 0.6 is 0 Å². The number of aryl methyl sites for hydroxylation is 1. The molecule has 0 amide bonds.